The first-order chi connectivity index (χ1) is 22.8. The van der Waals surface area contributed by atoms with Crippen molar-refractivity contribution >= 4 is 27.1 Å². The van der Waals surface area contributed by atoms with Crippen molar-refractivity contribution in [1.82, 2.24) is 29.1 Å². The number of hydrogen-bond donors (Lipinski definition) is 2. The van der Waals surface area contributed by atoms with E-state index in [2.05, 4.69) is 51.4 Å². The van der Waals surface area contributed by atoms with E-state index >= 15 is 0 Å². The molecule has 2 aromatic heterocycles. The molecular formula is C37H42N6O3S. The molecule has 0 radical (unpaired) electrons. The fourth-order valence-corrected chi connectivity index (χ4v) is 8.28. The number of rotatable bonds is 8. The van der Waals surface area contributed by atoms with Crippen molar-refractivity contribution < 1.29 is 13.2 Å². The first-order valence-electron chi connectivity index (χ1n) is 16.9. The van der Waals surface area contributed by atoms with Crippen LogP contribution in [0.3, 0.4) is 0 Å². The Morgan fingerprint density at radius 2 is 1.72 bits per heavy atom. The summed E-state index contributed by atoms with van der Waals surface area (Å²) in [6, 6.07) is 18.5. The second-order valence-electron chi connectivity index (χ2n) is 12.9. The number of aryl methyl sites for hydroxylation is 4. The van der Waals surface area contributed by atoms with Gasteiger partial charge in [-0.25, -0.2) is 27.9 Å². The van der Waals surface area contributed by atoms with Crippen LogP contribution in [0.1, 0.15) is 74.6 Å². The van der Waals surface area contributed by atoms with E-state index in [1.54, 1.807) is 18.2 Å². The van der Waals surface area contributed by atoms with Crippen LogP contribution in [0.5, 0.6) is 0 Å². The molecule has 1 fully saturated rings. The molecule has 0 unspecified atom stereocenters. The van der Waals surface area contributed by atoms with E-state index < -0.39 is 16.1 Å². The second-order valence-corrected chi connectivity index (χ2v) is 14.6. The molecule has 2 N–H and O–H groups in total. The Hall–Kier alpha value is -4.44. The van der Waals surface area contributed by atoms with Gasteiger partial charge in [-0.2, -0.15) is 0 Å². The van der Waals surface area contributed by atoms with Crippen molar-refractivity contribution in [3.63, 3.8) is 0 Å². The summed E-state index contributed by atoms with van der Waals surface area (Å²) in [6.45, 7) is 5.90. The van der Waals surface area contributed by atoms with Crippen LogP contribution in [-0.4, -0.2) is 39.6 Å². The number of hydrogen-bond acceptors (Lipinski definition) is 5. The van der Waals surface area contributed by atoms with Crippen LogP contribution in [0.4, 0.5) is 4.79 Å². The van der Waals surface area contributed by atoms with Gasteiger partial charge in [-0.15, -0.1) is 0 Å². The monoisotopic (exact) mass is 650 g/mol. The zero-order valence-electron chi connectivity index (χ0n) is 27.1. The number of nitrogens with zero attached hydrogens (tertiary/aromatic N) is 4. The Morgan fingerprint density at radius 1 is 0.936 bits per heavy atom. The number of amides is 2. The van der Waals surface area contributed by atoms with E-state index in [0.29, 0.717) is 12.1 Å². The molecule has 0 spiro atoms. The van der Waals surface area contributed by atoms with E-state index in [4.69, 9.17) is 9.97 Å². The predicted molar refractivity (Wildman–Crippen MR) is 185 cm³/mol. The van der Waals surface area contributed by atoms with E-state index in [0.717, 1.165) is 96.3 Å². The van der Waals surface area contributed by atoms with Crippen molar-refractivity contribution in [3.8, 4) is 22.4 Å². The maximum atomic E-state index is 13.4. The standard InChI is InChI=1S/C37H42N6O3S/c1-3-34-40-36-25(2)21-28(31-24-42-20-10-9-15-35(42)39-31)22-32(36)43(34)23-26-16-18-27(19-17-26)30-13-7-8-14-33(30)47(45,46)41-37(44)38-29-11-5-4-6-12-29/h7-8,13-14,16-19,21-22,24,29H,3-6,9-12,15,20,23H2,1-2H3,(H2,38,41,44). The highest BCUT2D eigenvalue weighted by atomic mass is 32.2. The van der Waals surface area contributed by atoms with Gasteiger partial charge in [-0.05, 0) is 67.5 Å². The largest absolute Gasteiger partial charge is 0.335 e. The number of aromatic nitrogens is 4. The molecule has 3 heterocycles. The summed E-state index contributed by atoms with van der Waals surface area (Å²) < 4.78 is 33.6. The molecule has 0 atom stereocenters. The van der Waals surface area contributed by atoms with Crippen LogP contribution in [0.25, 0.3) is 33.4 Å². The Kier molecular flexibility index (Phi) is 8.61. The van der Waals surface area contributed by atoms with Crippen LogP contribution in [0, 0.1) is 6.92 Å². The molecule has 1 aliphatic heterocycles. The lowest BCUT2D eigenvalue weighted by molar-refractivity contribution is 0.237. The van der Waals surface area contributed by atoms with Gasteiger partial charge < -0.3 is 14.5 Å². The molecule has 7 rings (SSSR count). The summed E-state index contributed by atoms with van der Waals surface area (Å²) in [5.74, 6) is 2.18. The number of urea groups is 1. The highest BCUT2D eigenvalue weighted by molar-refractivity contribution is 7.90. The first-order valence-corrected chi connectivity index (χ1v) is 18.3. The van der Waals surface area contributed by atoms with Gasteiger partial charge in [0.15, 0.2) is 0 Å². The van der Waals surface area contributed by atoms with Crippen LogP contribution in [0.2, 0.25) is 0 Å². The number of fused-ring (bicyclic) bond motifs is 2. The van der Waals surface area contributed by atoms with Crippen LogP contribution < -0.4 is 10.0 Å². The molecule has 10 heteroatoms. The van der Waals surface area contributed by atoms with Crippen molar-refractivity contribution in [2.24, 2.45) is 0 Å². The Morgan fingerprint density at radius 3 is 2.49 bits per heavy atom. The van der Waals surface area contributed by atoms with Crippen molar-refractivity contribution in [2.45, 2.75) is 95.7 Å². The SMILES string of the molecule is CCc1nc2c(C)cc(-c3cn4c(n3)CCCC4)cc2n1Cc1ccc(-c2ccccc2S(=O)(=O)NC(=O)NC2CCCCC2)cc1. The molecular weight excluding hydrogens is 609 g/mol. The number of carbonyl (C=O) groups is 1. The Labute approximate surface area is 276 Å². The molecule has 244 valence electrons. The van der Waals surface area contributed by atoms with Gasteiger partial charge in [0.25, 0.3) is 10.0 Å². The first kappa shape index (κ1) is 31.2. The third-order valence-electron chi connectivity index (χ3n) is 9.59. The van der Waals surface area contributed by atoms with Crippen LogP contribution in [-0.2, 0) is 36.0 Å². The zero-order chi connectivity index (χ0) is 32.5. The van der Waals surface area contributed by atoms with Gasteiger partial charge in [0.1, 0.15) is 11.6 Å². The summed E-state index contributed by atoms with van der Waals surface area (Å²) in [5.41, 5.74) is 7.72. The third kappa shape index (κ3) is 6.43. The lowest BCUT2D eigenvalue weighted by Crippen LogP contribution is -2.45. The van der Waals surface area contributed by atoms with Crippen LogP contribution >= 0.6 is 0 Å². The minimum Gasteiger partial charge on any atom is -0.335 e. The van der Waals surface area contributed by atoms with Gasteiger partial charge in [0.05, 0.1) is 21.6 Å². The average molecular weight is 651 g/mol. The van der Waals surface area contributed by atoms with E-state index in [1.165, 1.54) is 18.7 Å². The van der Waals surface area contributed by atoms with Crippen molar-refractivity contribution in [2.75, 3.05) is 0 Å². The summed E-state index contributed by atoms with van der Waals surface area (Å²) in [7, 11) is -4.09. The summed E-state index contributed by atoms with van der Waals surface area (Å²) in [5, 5.41) is 2.84. The lowest BCUT2D eigenvalue weighted by atomic mass is 9.96. The minimum atomic E-state index is -4.09. The maximum absolute atomic E-state index is 13.4. The second kappa shape index (κ2) is 13.0. The molecule has 5 aromatic rings. The van der Waals surface area contributed by atoms with Crippen molar-refractivity contribution in [3.05, 3.63) is 89.6 Å². The van der Waals surface area contributed by atoms with Gasteiger partial charge >= 0.3 is 6.03 Å². The lowest BCUT2D eigenvalue weighted by Gasteiger charge is -2.23. The zero-order valence-corrected chi connectivity index (χ0v) is 27.9. The summed E-state index contributed by atoms with van der Waals surface area (Å²) >= 11 is 0. The molecule has 2 amide bonds. The number of sulfonamides is 1. The maximum Gasteiger partial charge on any atom is 0.328 e. The number of carbonyl (C=O) groups excluding carboxylic acids is 1. The predicted octanol–water partition coefficient (Wildman–Crippen LogP) is 7.14. The number of nitrogens with one attached hydrogen (secondary N) is 2. The number of benzene rings is 3. The average Bonchev–Trinajstić information content (AvgIpc) is 3.67. The van der Waals surface area contributed by atoms with E-state index in [9.17, 15) is 13.2 Å². The molecule has 3 aromatic carbocycles. The fraction of sp³-hybridized carbons (Fsp3) is 0.378. The molecule has 2 aliphatic rings. The third-order valence-corrected chi connectivity index (χ3v) is 11.0. The number of imidazole rings is 2. The van der Waals surface area contributed by atoms with Crippen molar-refractivity contribution in [1.29, 1.82) is 0 Å². The van der Waals surface area contributed by atoms with Gasteiger partial charge in [0.2, 0.25) is 0 Å². The smallest absolute Gasteiger partial charge is 0.328 e. The molecule has 1 aliphatic carbocycles. The molecule has 1 saturated carbocycles. The normalized spacial score (nSPS) is 15.4. The molecule has 0 saturated heterocycles. The quantitative estimate of drug-likeness (QED) is 0.185. The van der Waals surface area contributed by atoms with Gasteiger partial charge in [-0.3, -0.25) is 0 Å². The molecule has 47 heavy (non-hydrogen) atoms. The Balaban J connectivity index is 1.14. The Bertz CT molecular complexity index is 2010. The summed E-state index contributed by atoms with van der Waals surface area (Å²) in [4.78, 5) is 22.7. The molecule has 0 bridgehead atoms. The summed E-state index contributed by atoms with van der Waals surface area (Å²) in [6.07, 6.45) is 11.4. The van der Waals surface area contributed by atoms with Gasteiger partial charge in [-0.1, -0.05) is 68.7 Å². The van der Waals surface area contributed by atoms with E-state index in [1.807, 2.05) is 30.3 Å². The molecule has 9 nitrogen and oxygen atoms in total. The van der Waals surface area contributed by atoms with Gasteiger partial charge in [0, 0.05) is 49.3 Å². The minimum absolute atomic E-state index is 0.00849. The highest BCUT2D eigenvalue weighted by Gasteiger charge is 2.24. The van der Waals surface area contributed by atoms with Crippen LogP contribution in [0.15, 0.2) is 71.8 Å². The van der Waals surface area contributed by atoms with E-state index in [-0.39, 0.29) is 10.9 Å². The topological polar surface area (TPSA) is 111 Å². The highest BCUT2D eigenvalue weighted by Crippen LogP contribution is 2.31. The fourth-order valence-electron chi connectivity index (χ4n) is 7.14.